The first kappa shape index (κ1) is 22.7. The van der Waals surface area contributed by atoms with E-state index in [4.69, 9.17) is 21.1 Å². The molecule has 0 saturated heterocycles. The second-order valence-corrected chi connectivity index (χ2v) is 8.54. The van der Waals surface area contributed by atoms with Crippen molar-refractivity contribution in [2.45, 2.75) is 6.42 Å². The van der Waals surface area contributed by atoms with Crippen LogP contribution in [0.4, 0.5) is 0 Å². The summed E-state index contributed by atoms with van der Waals surface area (Å²) in [6.45, 7) is 0.181. The number of imide groups is 1. The maximum Gasteiger partial charge on any atom is 0.278 e. The highest BCUT2D eigenvalue weighted by molar-refractivity contribution is 6.31. The van der Waals surface area contributed by atoms with Gasteiger partial charge in [0.15, 0.2) is 0 Å². The smallest absolute Gasteiger partial charge is 0.278 e. The van der Waals surface area contributed by atoms with Gasteiger partial charge in [-0.1, -0.05) is 23.7 Å². The summed E-state index contributed by atoms with van der Waals surface area (Å²) in [6.07, 6.45) is 0.395. The summed E-state index contributed by atoms with van der Waals surface area (Å²) in [4.78, 5) is 42.0. The van der Waals surface area contributed by atoms with E-state index in [1.165, 1.54) is 23.7 Å². The zero-order chi connectivity index (χ0) is 24.7. The molecule has 0 aliphatic carbocycles. The number of hydrogen-bond acceptors (Lipinski definition) is 5. The molecule has 35 heavy (non-hydrogen) atoms. The Bertz CT molecular complexity index is 1510. The van der Waals surface area contributed by atoms with Crippen LogP contribution in [0.2, 0.25) is 5.02 Å². The molecule has 1 aliphatic rings. The molecule has 0 unspecified atom stereocenters. The summed E-state index contributed by atoms with van der Waals surface area (Å²) in [7, 11) is 3.03. The van der Waals surface area contributed by atoms with Crippen LogP contribution >= 0.6 is 11.6 Å². The Morgan fingerprint density at radius 1 is 0.857 bits per heavy atom. The number of halogens is 1. The van der Waals surface area contributed by atoms with E-state index in [0.29, 0.717) is 50.5 Å². The van der Waals surface area contributed by atoms with Crippen LogP contribution in [-0.2, 0) is 6.42 Å². The Labute approximate surface area is 206 Å². The van der Waals surface area contributed by atoms with Crippen LogP contribution in [0.1, 0.15) is 36.8 Å². The number of hydrogen-bond donors (Lipinski definition) is 0. The molecule has 1 aromatic heterocycles. The van der Waals surface area contributed by atoms with Gasteiger partial charge in [0.25, 0.3) is 17.7 Å². The minimum Gasteiger partial charge on any atom is -0.497 e. The summed E-state index contributed by atoms with van der Waals surface area (Å²) in [5.74, 6) is -0.365. The maximum atomic E-state index is 13.8. The number of methoxy groups -OCH3 is 2. The van der Waals surface area contributed by atoms with Crippen molar-refractivity contribution < 1.29 is 23.9 Å². The van der Waals surface area contributed by atoms with E-state index in [2.05, 4.69) is 0 Å². The van der Waals surface area contributed by atoms with E-state index >= 15 is 0 Å². The van der Waals surface area contributed by atoms with Gasteiger partial charge in [-0.05, 0) is 66.6 Å². The van der Waals surface area contributed by atoms with Gasteiger partial charge in [0.2, 0.25) is 0 Å². The van der Waals surface area contributed by atoms with Crippen molar-refractivity contribution in [1.29, 1.82) is 0 Å². The molecular formula is C27H21ClN2O5. The van der Waals surface area contributed by atoms with Crippen LogP contribution in [-0.4, -0.2) is 48.0 Å². The Morgan fingerprint density at radius 2 is 1.49 bits per heavy atom. The van der Waals surface area contributed by atoms with E-state index in [0.717, 1.165) is 0 Å². The van der Waals surface area contributed by atoms with Crippen LogP contribution < -0.4 is 9.47 Å². The number of fused-ring (bicyclic) bond motifs is 3. The fourth-order valence-corrected chi connectivity index (χ4v) is 4.63. The van der Waals surface area contributed by atoms with Gasteiger partial charge in [-0.2, -0.15) is 0 Å². The molecule has 0 spiro atoms. The molecule has 176 valence electrons. The highest BCUT2D eigenvalue weighted by Crippen LogP contribution is 2.34. The molecule has 0 bridgehead atoms. The molecule has 0 fully saturated rings. The lowest BCUT2D eigenvalue weighted by Gasteiger charge is -2.26. The van der Waals surface area contributed by atoms with Crippen LogP contribution in [0, 0.1) is 0 Å². The van der Waals surface area contributed by atoms with Gasteiger partial charge in [-0.25, -0.2) is 0 Å². The number of nitrogens with zero attached hydrogens (tertiary/aromatic N) is 2. The molecule has 2 amide bonds. The quantitative estimate of drug-likeness (QED) is 0.384. The van der Waals surface area contributed by atoms with E-state index in [-0.39, 0.29) is 12.2 Å². The predicted octanol–water partition coefficient (Wildman–Crippen LogP) is 4.84. The third kappa shape index (κ3) is 3.84. The average molecular weight is 489 g/mol. The van der Waals surface area contributed by atoms with Gasteiger partial charge in [-0.3, -0.25) is 23.9 Å². The van der Waals surface area contributed by atoms with Gasteiger partial charge in [0.1, 0.15) is 17.2 Å². The third-order valence-corrected chi connectivity index (χ3v) is 6.38. The van der Waals surface area contributed by atoms with E-state index in [1.54, 1.807) is 66.7 Å². The first-order valence-corrected chi connectivity index (χ1v) is 11.3. The molecule has 7 nitrogen and oxygen atoms in total. The van der Waals surface area contributed by atoms with Gasteiger partial charge >= 0.3 is 0 Å². The molecule has 5 rings (SSSR count). The molecule has 8 heteroatoms. The number of amides is 2. The summed E-state index contributed by atoms with van der Waals surface area (Å²) in [5, 5.41) is 1.21. The number of rotatable bonds is 4. The Hall–Kier alpha value is -4.10. The predicted molar refractivity (Wildman–Crippen MR) is 132 cm³/mol. The molecule has 0 N–H and O–H groups in total. The lowest BCUT2D eigenvalue weighted by molar-refractivity contribution is 0.0593. The standard InChI is InChI=1S/C27H21ClN2O5/c1-34-19-7-3-5-16(13-19)25(31)29-12-11-21-22-15-18(28)9-10-23(22)30(24(21)27(29)33)26(32)17-6-4-8-20(14-17)35-2/h3-10,13-15H,11-12H2,1-2H3. The summed E-state index contributed by atoms with van der Waals surface area (Å²) >= 11 is 6.26. The van der Waals surface area contributed by atoms with Crippen molar-refractivity contribution in [1.82, 2.24) is 9.47 Å². The normalized spacial score (nSPS) is 13.0. The largest absolute Gasteiger partial charge is 0.497 e. The first-order valence-electron chi connectivity index (χ1n) is 10.9. The zero-order valence-electron chi connectivity index (χ0n) is 19.1. The van der Waals surface area contributed by atoms with E-state index < -0.39 is 17.7 Å². The van der Waals surface area contributed by atoms with Crippen molar-refractivity contribution >= 4 is 40.2 Å². The SMILES string of the molecule is COc1cccc(C(=O)N2CCc3c(n(C(=O)c4cccc(OC)c4)c4ccc(Cl)cc34)C2=O)c1. The van der Waals surface area contributed by atoms with Gasteiger partial charge in [-0.15, -0.1) is 0 Å². The third-order valence-electron chi connectivity index (χ3n) is 6.15. The average Bonchev–Trinajstić information content (AvgIpc) is 3.22. The lowest BCUT2D eigenvalue weighted by atomic mass is 10.0. The maximum absolute atomic E-state index is 13.8. The van der Waals surface area contributed by atoms with Crippen LogP contribution in [0.15, 0.2) is 66.7 Å². The van der Waals surface area contributed by atoms with E-state index in [1.807, 2.05) is 0 Å². The number of ether oxygens (including phenoxy) is 2. The van der Waals surface area contributed by atoms with Crippen molar-refractivity contribution in [3.05, 3.63) is 94.1 Å². The fourth-order valence-electron chi connectivity index (χ4n) is 4.46. The van der Waals surface area contributed by atoms with Crippen molar-refractivity contribution in [2.24, 2.45) is 0 Å². The van der Waals surface area contributed by atoms with Crippen molar-refractivity contribution in [2.75, 3.05) is 20.8 Å². The molecule has 3 aromatic carbocycles. The molecule has 1 aliphatic heterocycles. The molecular weight excluding hydrogens is 468 g/mol. The Balaban J connectivity index is 1.65. The summed E-state index contributed by atoms with van der Waals surface area (Å²) < 4.78 is 11.9. The zero-order valence-corrected chi connectivity index (χ0v) is 19.8. The number of carbonyl (C=O) groups is 3. The number of benzene rings is 3. The molecule has 2 heterocycles. The lowest BCUT2D eigenvalue weighted by Crippen LogP contribution is -2.43. The van der Waals surface area contributed by atoms with Crippen molar-refractivity contribution in [3.63, 3.8) is 0 Å². The fraction of sp³-hybridized carbons (Fsp3) is 0.148. The molecule has 4 aromatic rings. The molecule has 0 saturated carbocycles. The van der Waals surface area contributed by atoms with Crippen LogP contribution in [0.25, 0.3) is 10.9 Å². The first-order chi connectivity index (χ1) is 16.9. The highest BCUT2D eigenvalue weighted by atomic mass is 35.5. The summed E-state index contributed by atoms with van der Waals surface area (Å²) in [6, 6.07) is 18.5. The topological polar surface area (TPSA) is 77.8 Å². The van der Waals surface area contributed by atoms with E-state index in [9.17, 15) is 14.4 Å². The molecule has 0 atom stereocenters. The number of carbonyl (C=O) groups excluding carboxylic acids is 3. The minimum absolute atomic E-state index is 0.164. The van der Waals surface area contributed by atoms with Gasteiger partial charge in [0, 0.05) is 28.1 Å². The van der Waals surface area contributed by atoms with Gasteiger partial charge < -0.3 is 9.47 Å². The highest BCUT2D eigenvalue weighted by Gasteiger charge is 2.36. The van der Waals surface area contributed by atoms with Crippen LogP contribution in [0.5, 0.6) is 11.5 Å². The second kappa shape index (κ2) is 8.92. The summed E-state index contributed by atoms with van der Waals surface area (Å²) in [5.41, 5.74) is 2.08. The van der Waals surface area contributed by atoms with Crippen molar-refractivity contribution in [3.8, 4) is 11.5 Å². The second-order valence-electron chi connectivity index (χ2n) is 8.11. The van der Waals surface area contributed by atoms with Gasteiger partial charge in [0.05, 0.1) is 19.7 Å². The molecule has 0 radical (unpaired) electrons. The van der Waals surface area contributed by atoms with Crippen LogP contribution in [0.3, 0.4) is 0 Å². The minimum atomic E-state index is -0.539. The number of aromatic nitrogens is 1. The monoisotopic (exact) mass is 488 g/mol. The Kier molecular flexibility index (Phi) is 5.78. The Morgan fingerprint density at radius 3 is 2.11 bits per heavy atom.